The lowest BCUT2D eigenvalue weighted by Crippen LogP contribution is -2.51. The molecule has 7 nitrogen and oxygen atoms in total. The SMILES string of the molecule is C=C=C1c2cccc(CN(C)Nc3cccc(OC)c3)c2C(=O)N1[C@@](C)(CCC=O)C(C)=O. The molecular weight excluding hydrogens is 418 g/mol. The minimum absolute atomic E-state index is 0.167. The van der Waals surface area contributed by atoms with Crippen LogP contribution in [0.5, 0.6) is 5.75 Å². The van der Waals surface area contributed by atoms with E-state index in [9.17, 15) is 14.4 Å². The van der Waals surface area contributed by atoms with E-state index >= 15 is 0 Å². The number of ketones is 1. The van der Waals surface area contributed by atoms with Crippen LogP contribution in [0.4, 0.5) is 5.69 Å². The Kier molecular flexibility index (Phi) is 7.16. The van der Waals surface area contributed by atoms with Crippen LogP contribution in [-0.2, 0) is 16.1 Å². The van der Waals surface area contributed by atoms with Crippen LogP contribution in [0.2, 0.25) is 0 Å². The Balaban J connectivity index is 1.94. The highest BCUT2D eigenvalue weighted by molar-refractivity contribution is 6.13. The van der Waals surface area contributed by atoms with Gasteiger partial charge in [-0.25, -0.2) is 5.01 Å². The molecular formula is C26H29N3O4. The first kappa shape index (κ1) is 24.0. The third-order valence-electron chi connectivity index (χ3n) is 6.01. The molecule has 0 unspecified atom stereocenters. The standard InChI is InChI=1S/C26H29N3O4/c1-6-23-22-13-7-10-19(17-28(4)27-20-11-8-12-21(16-20)33-5)24(22)25(32)29(23)26(3,18(2)31)14-9-15-30/h7-8,10-13,15-16,27H,1,9,14,17H2,2-5H3/t26-/m0/s1. The van der Waals surface area contributed by atoms with Crippen molar-refractivity contribution in [3.63, 3.8) is 0 Å². The van der Waals surface area contributed by atoms with Gasteiger partial charge in [0.1, 0.15) is 17.6 Å². The van der Waals surface area contributed by atoms with Crippen LogP contribution < -0.4 is 10.2 Å². The summed E-state index contributed by atoms with van der Waals surface area (Å²) in [6.07, 6.45) is 1.15. The summed E-state index contributed by atoms with van der Waals surface area (Å²) in [6.45, 7) is 7.33. The average molecular weight is 448 g/mol. The predicted octanol–water partition coefficient (Wildman–Crippen LogP) is 4.06. The molecule has 2 aromatic carbocycles. The van der Waals surface area contributed by atoms with Gasteiger partial charge >= 0.3 is 0 Å². The second-order valence-corrected chi connectivity index (χ2v) is 8.24. The van der Waals surface area contributed by atoms with E-state index in [4.69, 9.17) is 4.74 Å². The number of nitrogens with one attached hydrogen (secondary N) is 1. The van der Waals surface area contributed by atoms with E-state index < -0.39 is 5.54 Å². The second kappa shape index (κ2) is 9.86. The highest BCUT2D eigenvalue weighted by atomic mass is 16.5. The van der Waals surface area contributed by atoms with E-state index in [1.807, 2.05) is 54.5 Å². The second-order valence-electron chi connectivity index (χ2n) is 8.24. The molecule has 3 rings (SSSR count). The van der Waals surface area contributed by atoms with Gasteiger partial charge in [-0.2, -0.15) is 0 Å². The lowest BCUT2D eigenvalue weighted by Gasteiger charge is -2.36. The Morgan fingerprint density at radius 1 is 1.30 bits per heavy atom. The molecule has 0 spiro atoms. The van der Waals surface area contributed by atoms with Gasteiger partial charge in [0.15, 0.2) is 5.78 Å². The van der Waals surface area contributed by atoms with Crippen molar-refractivity contribution in [2.45, 2.75) is 38.8 Å². The van der Waals surface area contributed by atoms with Crippen LogP contribution in [0.1, 0.15) is 48.2 Å². The van der Waals surface area contributed by atoms with Crippen molar-refractivity contribution in [1.29, 1.82) is 0 Å². The number of aldehydes is 1. The molecule has 0 bridgehead atoms. The molecule has 1 N–H and O–H groups in total. The van der Waals surface area contributed by atoms with Gasteiger partial charge in [0.2, 0.25) is 0 Å². The van der Waals surface area contributed by atoms with Gasteiger partial charge < -0.3 is 15.0 Å². The van der Waals surface area contributed by atoms with Crippen molar-refractivity contribution in [3.05, 3.63) is 71.5 Å². The molecule has 172 valence electrons. The lowest BCUT2D eigenvalue weighted by atomic mass is 9.89. The first-order valence-electron chi connectivity index (χ1n) is 10.7. The Morgan fingerprint density at radius 2 is 2.03 bits per heavy atom. The first-order valence-corrected chi connectivity index (χ1v) is 10.7. The Hall–Kier alpha value is -3.67. The summed E-state index contributed by atoms with van der Waals surface area (Å²) in [4.78, 5) is 38.8. The number of methoxy groups -OCH3 is 1. The molecule has 1 heterocycles. The number of hydrogen-bond donors (Lipinski definition) is 1. The summed E-state index contributed by atoms with van der Waals surface area (Å²) < 4.78 is 5.27. The molecule has 1 aliphatic rings. The van der Waals surface area contributed by atoms with Crippen LogP contribution in [0, 0.1) is 0 Å². The van der Waals surface area contributed by atoms with Crippen molar-refractivity contribution >= 4 is 29.4 Å². The van der Waals surface area contributed by atoms with Gasteiger partial charge in [0.25, 0.3) is 5.91 Å². The lowest BCUT2D eigenvalue weighted by molar-refractivity contribution is -0.125. The molecule has 0 saturated carbocycles. The Morgan fingerprint density at radius 3 is 2.67 bits per heavy atom. The van der Waals surface area contributed by atoms with E-state index in [2.05, 4.69) is 17.7 Å². The van der Waals surface area contributed by atoms with Crippen molar-refractivity contribution in [1.82, 2.24) is 9.91 Å². The maximum atomic E-state index is 13.7. The number of hydrazine groups is 1. The van der Waals surface area contributed by atoms with Gasteiger partial charge in [0, 0.05) is 31.6 Å². The summed E-state index contributed by atoms with van der Waals surface area (Å²) in [7, 11) is 3.49. The average Bonchev–Trinajstić information content (AvgIpc) is 3.10. The summed E-state index contributed by atoms with van der Waals surface area (Å²) in [6, 6.07) is 13.1. The molecule has 0 aromatic heterocycles. The van der Waals surface area contributed by atoms with E-state index in [1.165, 1.54) is 11.8 Å². The highest BCUT2D eigenvalue weighted by Gasteiger charge is 2.47. The number of ether oxygens (including phenoxy) is 1. The maximum Gasteiger partial charge on any atom is 0.260 e. The minimum atomic E-state index is -1.17. The molecule has 0 saturated heterocycles. The Bertz CT molecular complexity index is 1140. The normalized spacial score (nSPS) is 14.5. The molecule has 33 heavy (non-hydrogen) atoms. The quantitative estimate of drug-likeness (QED) is 0.336. The third-order valence-corrected chi connectivity index (χ3v) is 6.01. The van der Waals surface area contributed by atoms with Crippen molar-refractivity contribution in [3.8, 4) is 5.75 Å². The number of fused-ring (bicyclic) bond motifs is 1. The third kappa shape index (κ3) is 4.60. The molecule has 0 fully saturated rings. The van der Waals surface area contributed by atoms with Crippen molar-refractivity contribution in [2.24, 2.45) is 0 Å². The van der Waals surface area contributed by atoms with E-state index in [0.29, 0.717) is 23.4 Å². The smallest absolute Gasteiger partial charge is 0.260 e. The fraction of sp³-hybridized carbons (Fsp3) is 0.308. The monoisotopic (exact) mass is 447 g/mol. The van der Waals surface area contributed by atoms with Gasteiger partial charge in [0.05, 0.1) is 24.1 Å². The number of carbonyl (C=O) groups excluding carboxylic acids is 3. The number of nitrogens with zero attached hydrogens (tertiary/aromatic N) is 2. The van der Waals surface area contributed by atoms with Gasteiger partial charge in [-0.3, -0.25) is 14.5 Å². The Labute approximate surface area is 194 Å². The molecule has 0 aliphatic carbocycles. The fourth-order valence-corrected chi connectivity index (χ4v) is 4.15. The van der Waals surface area contributed by atoms with Gasteiger partial charge in [-0.1, -0.05) is 30.8 Å². The minimum Gasteiger partial charge on any atom is -0.497 e. The van der Waals surface area contributed by atoms with E-state index in [-0.39, 0.29) is 24.5 Å². The number of anilines is 1. The van der Waals surface area contributed by atoms with E-state index in [0.717, 1.165) is 23.3 Å². The van der Waals surface area contributed by atoms with Crippen molar-refractivity contribution < 1.29 is 19.1 Å². The maximum absolute atomic E-state index is 13.7. The number of carbonyl (C=O) groups is 3. The number of amides is 1. The zero-order valence-electron chi connectivity index (χ0n) is 19.5. The van der Waals surface area contributed by atoms with Crippen LogP contribution in [0.3, 0.4) is 0 Å². The summed E-state index contributed by atoms with van der Waals surface area (Å²) in [5, 5.41) is 1.87. The first-order chi connectivity index (χ1) is 15.8. The zero-order valence-corrected chi connectivity index (χ0v) is 19.5. The fourth-order valence-electron chi connectivity index (χ4n) is 4.15. The van der Waals surface area contributed by atoms with Gasteiger partial charge in [-0.15, -0.1) is 5.73 Å². The zero-order chi connectivity index (χ0) is 24.2. The number of rotatable bonds is 10. The summed E-state index contributed by atoms with van der Waals surface area (Å²) in [5.41, 5.74) is 8.28. The largest absolute Gasteiger partial charge is 0.497 e. The molecule has 2 aromatic rings. The van der Waals surface area contributed by atoms with Gasteiger partial charge in [-0.05, 0) is 38.0 Å². The predicted molar refractivity (Wildman–Crippen MR) is 128 cm³/mol. The molecule has 7 heteroatoms. The van der Waals surface area contributed by atoms with Crippen molar-refractivity contribution in [2.75, 3.05) is 19.6 Å². The molecule has 1 aliphatic heterocycles. The van der Waals surface area contributed by atoms with E-state index in [1.54, 1.807) is 14.0 Å². The number of hydrogen-bond acceptors (Lipinski definition) is 6. The van der Waals surface area contributed by atoms with Crippen LogP contribution in [-0.4, -0.2) is 47.6 Å². The number of Topliss-reactive ketones (excluding diaryl/α,β-unsaturated/α-hetero) is 1. The molecule has 0 radical (unpaired) electrons. The van der Waals surface area contributed by atoms with Crippen LogP contribution in [0.25, 0.3) is 5.70 Å². The number of benzene rings is 2. The van der Waals surface area contributed by atoms with Crippen LogP contribution >= 0.6 is 0 Å². The molecule has 1 atom stereocenters. The molecule has 1 amide bonds. The topological polar surface area (TPSA) is 79.0 Å². The highest BCUT2D eigenvalue weighted by Crippen LogP contribution is 2.41. The van der Waals surface area contributed by atoms with Crippen LogP contribution in [0.15, 0.2) is 54.8 Å². The summed E-state index contributed by atoms with van der Waals surface area (Å²) in [5.74, 6) is 0.251. The summed E-state index contributed by atoms with van der Waals surface area (Å²) >= 11 is 0.